The first-order valence-corrected chi connectivity index (χ1v) is 13.9. The highest BCUT2D eigenvalue weighted by atomic mass is 35.5. The van der Waals surface area contributed by atoms with Gasteiger partial charge < -0.3 is 5.32 Å². The molecule has 0 fully saturated rings. The number of benzene rings is 3. The van der Waals surface area contributed by atoms with Crippen molar-refractivity contribution in [2.45, 2.75) is 49.5 Å². The number of hydrogen-bond acceptors (Lipinski definition) is 3. The SMILES string of the molecule is CC(C)(C)c1ccc([C@H]2Nc3ccc(S(=O)(=O)Nc4cc(Cl)ccc4Cl)cc3[C@H]3C=CC[C@H]32)cc1. The molecular weight excluding hydrogens is 499 g/mol. The fourth-order valence-electron chi connectivity index (χ4n) is 5.04. The van der Waals surface area contributed by atoms with Crippen LogP contribution in [0.3, 0.4) is 0 Å². The fraction of sp³-hybridized carbons (Fsp3) is 0.286. The number of rotatable bonds is 4. The molecule has 1 aliphatic heterocycles. The summed E-state index contributed by atoms with van der Waals surface area (Å²) in [5.74, 6) is 0.458. The number of anilines is 2. The maximum atomic E-state index is 13.2. The minimum Gasteiger partial charge on any atom is -0.378 e. The van der Waals surface area contributed by atoms with Gasteiger partial charge in [0.2, 0.25) is 0 Å². The van der Waals surface area contributed by atoms with Crippen molar-refractivity contribution in [2.24, 2.45) is 5.92 Å². The summed E-state index contributed by atoms with van der Waals surface area (Å²) >= 11 is 12.2. The van der Waals surface area contributed by atoms with Gasteiger partial charge in [0, 0.05) is 16.6 Å². The third-order valence-corrected chi connectivity index (χ3v) is 8.88. The van der Waals surface area contributed by atoms with Crippen LogP contribution in [-0.2, 0) is 15.4 Å². The molecule has 2 N–H and O–H groups in total. The second-order valence-electron chi connectivity index (χ2n) is 10.3. The zero-order valence-corrected chi connectivity index (χ0v) is 22.2. The van der Waals surface area contributed by atoms with Gasteiger partial charge in [0.15, 0.2) is 0 Å². The molecule has 0 radical (unpaired) electrons. The van der Waals surface area contributed by atoms with Gasteiger partial charge in [-0.15, -0.1) is 0 Å². The van der Waals surface area contributed by atoms with E-state index in [1.165, 1.54) is 17.2 Å². The van der Waals surface area contributed by atoms with E-state index in [-0.39, 0.29) is 33.0 Å². The van der Waals surface area contributed by atoms with Crippen LogP contribution in [0.5, 0.6) is 0 Å². The summed E-state index contributed by atoms with van der Waals surface area (Å²) in [6.07, 6.45) is 5.35. The van der Waals surface area contributed by atoms with Crippen LogP contribution in [0.2, 0.25) is 10.0 Å². The molecule has 0 saturated heterocycles. The minimum atomic E-state index is -3.84. The van der Waals surface area contributed by atoms with Crippen molar-refractivity contribution in [3.8, 4) is 0 Å². The van der Waals surface area contributed by atoms with Crippen molar-refractivity contribution in [1.29, 1.82) is 0 Å². The maximum absolute atomic E-state index is 13.2. The Balaban J connectivity index is 1.46. The van der Waals surface area contributed by atoms with Gasteiger partial charge >= 0.3 is 0 Å². The van der Waals surface area contributed by atoms with Crippen LogP contribution in [0.1, 0.15) is 55.8 Å². The van der Waals surface area contributed by atoms with E-state index in [9.17, 15) is 8.42 Å². The van der Waals surface area contributed by atoms with Gasteiger partial charge in [-0.05, 0) is 70.8 Å². The summed E-state index contributed by atoms with van der Waals surface area (Å²) in [7, 11) is -3.84. The van der Waals surface area contributed by atoms with Gasteiger partial charge in [-0.2, -0.15) is 0 Å². The minimum absolute atomic E-state index is 0.105. The average molecular weight is 528 g/mol. The van der Waals surface area contributed by atoms with Crippen molar-refractivity contribution < 1.29 is 8.42 Å². The molecule has 4 nitrogen and oxygen atoms in total. The summed E-state index contributed by atoms with van der Waals surface area (Å²) in [4.78, 5) is 0.195. The van der Waals surface area contributed by atoms with Crippen LogP contribution >= 0.6 is 23.2 Å². The van der Waals surface area contributed by atoms with Crippen molar-refractivity contribution in [3.63, 3.8) is 0 Å². The normalized spacial score (nSPS) is 21.2. The van der Waals surface area contributed by atoms with Crippen LogP contribution in [0.15, 0.2) is 77.7 Å². The van der Waals surface area contributed by atoms with Gasteiger partial charge in [-0.25, -0.2) is 8.42 Å². The molecule has 3 aromatic rings. The van der Waals surface area contributed by atoms with E-state index in [4.69, 9.17) is 23.2 Å². The Bertz CT molecular complexity index is 1410. The zero-order chi connectivity index (χ0) is 25.0. The first kappa shape index (κ1) is 24.2. The number of allylic oxidation sites excluding steroid dienone is 2. The molecule has 5 rings (SSSR count). The Hall–Kier alpha value is -2.47. The molecule has 3 aromatic carbocycles. The second-order valence-corrected chi connectivity index (χ2v) is 12.9. The molecular formula is C28H28Cl2N2O2S. The molecule has 0 unspecified atom stereocenters. The number of fused-ring (bicyclic) bond motifs is 3. The highest BCUT2D eigenvalue weighted by Crippen LogP contribution is 2.50. The maximum Gasteiger partial charge on any atom is 0.261 e. The largest absolute Gasteiger partial charge is 0.378 e. The summed E-state index contributed by atoms with van der Waals surface area (Å²) in [5.41, 5.74) is 4.87. The Morgan fingerprint density at radius 1 is 0.971 bits per heavy atom. The Morgan fingerprint density at radius 2 is 1.71 bits per heavy atom. The molecule has 3 atom stereocenters. The number of halogens is 2. The Labute approximate surface area is 217 Å². The first-order chi connectivity index (χ1) is 16.5. The van der Waals surface area contributed by atoms with E-state index in [1.54, 1.807) is 24.3 Å². The van der Waals surface area contributed by atoms with E-state index in [2.05, 4.69) is 67.2 Å². The highest BCUT2D eigenvalue weighted by molar-refractivity contribution is 7.92. The van der Waals surface area contributed by atoms with Crippen LogP contribution < -0.4 is 10.0 Å². The summed E-state index contributed by atoms with van der Waals surface area (Å²) < 4.78 is 29.0. The standard InChI is InChI=1S/C28H28Cl2N2O2S/c1-28(2,3)18-9-7-17(8-10-18)27-22-6-4-5-21(22)23-16-20(12-14-25(23)31-27)35(33,34)32-26-15-19(29)11-13-24(26)30/h4-5,7-16,21-22,27,31-32H,6H2,1-3H3/t21-,22+,27+/m0/s1. The van der Waals surface area contributed by atoms with E-state index >= 15 is 0 Å². The molecule has 0 saturated carbocycles. The Morgan fingerprint density at radius 3 is 2.43 bits per heavy atom. The summed E-state index contributed by atoms with van der Waals surface area (Å²) in [6, 6.07) is 19.0. The lowest BCUT2D eigenvalue weighted by Crippen LogP contribution is -2.29. The lowest BCUT2D eigenvalue weighted by Gasteiger charge is -2.38. The molecule has 35 heavy (non-hydrogen) atoms. The molecule has 7 heteroatoms. The van der Waals surface area contributed by atoms with Crippen molar-refractivity contribution in [1.82, 2.24) is 0 Å². The first-order valence-electron chi connectivity index (χ1n) is 11.7. The molecule has 2 aliphatic rings. The topological polar surface area (TPSA) is 58.2 Å². The average Bonchev–Trinajstić information content (AvgIpc) is 3.30. The molecule has 1 heterocycles. The van der Waals surface area contributed by atoms with Crippen LogP contribution in [0, 0.1) is 5.92 Å². The molecule has 182 valence electrons. The molecule has 0 amide bonds. The summed E-state index contributed by atoms with van der Waals surface area (Å²) in [6.45, 7) is 6.65. The van der Waals surface area contributed by atoms with Crippen molar-refractivity contribution in [3.05, 3.63) is 99.6 Å². The lowest BCUT2D eigenvalue weighted by molar-refractivity contribution is 0.425. The molecule has 0 aromatic heterocycles. The third-order valence-electron chi connectivity index (χ3n) is 6.95. The number of sulfonamides is 1. The van der Waals surface area contributed by atoms with Gasteiger partial charge in [-0.1, -0.05) is 80.4 Å². The Kier molecular flexibility index (Phi) is 6.15. The van der Waals surface area contributed by atoms with Crippen LogP contribution in [0.4, 0.5) is 11.4 Å². The predicted molar refractivity (Wildman–Crippen MR) is 145 cm³/mol. The van der Waals surface area contributed by atoms with Gasteiger partial charge in [0.05, 0.1) is 21.6 Å². The second kappa shape index (κ2) is 8.88. The van der Waals surface area contributed by atoms with Gasteiger partial charge in [0.1, 0.15) is 0 Å². The molecule has 0 spiro atoms. The zero-order valence-electron chi connectivity index (χ0n) is 19.8. The number of hydrogen-bond donors (Lipinski definition) is 2. The van der Waals surface area contributed by atoms with Gasteiger partial charge in [0.25, 0.3) is 10.0 Å². The third kappa shape index (κ3) is 4.69. The smallest absolute Gasteiger partial charge is 0.261 e. The van der Waals surface area contributed by atoms with Crippen molar-refractivity contribution >= 4 is 44.6 Å². The van der Waals surface area contributed by atoms with E-state index < -0.39 is 10.0 Å². The fourth-order valence-corrected chi connectivity index (χ4v) is 6.54. The van der Waals surface area contributed by atoms with E-state index in [0.717, 1.165) is 17.7 Å². The van der Waals surface area contributed by atoms with E-state index in [1.807, 2.05) is 6.07 Å². The monoisotopic (exact) mass is 526 g/mol. The van der Waals surface area contributed by atoms with Crippen LogP contribution in [0.25, 0.3) is 0 Å². The molecule has 0 bridgehead atoms. The quantitative estimate of drug-likeness (QED) is 0.339. The lowest BCUT2D eigenvalue weighted by atomic mass is 9.76. The van der Waals surface area contributed by atoms with E-state index in [0.29, 0.717) is 10.9 Å². The molecule has 1 aliphatic carbocycles. The van der Waals surface area contributed by atoms with Crippen LogP contribution in [-0.4, -0.2) is 8.42 Å². The van der Waals surface area contributed by atoms with Crippen molar-refractivity contribution in [2.75, 3.05) is 10.0 Å². The highest BCUT2D eigenvalue weighted by Gasteiger charge is 2.38. The van der Waals surface area contributed by atoms with Gasteiger partial charge in [-0.3, -0.25) is 4.72 Å². The summed E-state index contributed by atoms with van der Waals surface area (Å²) in [5, 5.41) is 4.39. The predicted octanol–water partition coefficient (Wildman–Crippen LogP) is 7.92. The number of nitrogens with one attached hydrogen (secondary N) is 2.